The van der Waals surface area contributed by atoms with Crippen LogP contribution in [0.1, 0.15) is 6.42 Å². The molecule has 0 aliphatic rings. The van der Waals surface area contributed by atoms with Gasteiger partial charge in [-0.05, 0) is 59.2 Å². The molecule has 0 fully saturated rings. The molecule has 1 heterocycles. The summed E-state index contributed by atoms with van der Waals surface area (Å²) in [5.74, 6) is 0.523. The van der Waals surface area contributed by atoms with Crippen molar-refractivity contribution in [3.63, 3.8) is 0 Å². The fourth-order valence-corrected chi connectivity index (χ4v) is 2.03. The van der Waals surface area contributed by atoms with Crippen molar-refractivity contribution in [2.24, 2.45) is 5.73 Å². The van der Waals surface area contributed by atoms with Gasteiger partial charge in [-0.25, -0.2) is 9.37 Å². The number of benzene rings is 1. The molecule has 1 aromatic carbocycles. The van der Waals surface area contributed by atoms with E-state index in [-0.39, 0.29) is 5.82 Å². The monoisotopic (exact) mass is 323 g/mol. The van der Waals surface area contributed by atoms with E-state index >= 15 is 0 Å². The molecule has 0 saturated heterocycles. The molecular formula is C14H15BrFN3. The summed E-state index contributed by atoms with van der Waals surface area (Å²) in [6.07, 6.45) is 2.54. The summed E-state index contributed by atoms with van der Waals surface area (Å²) in [4.78, 5) is 6.31. The molecule has 0 saturated carbocycles. The number of rotatable bonds is 5. The molecule has 2 aromatic rings. The van der Waals surface area contributed by atoms with Gasteiger partial charge in [-0.2, -0.15) is 0 Å². The lowest BCUT2D eigenvalue weighted by Crippen LogP contribution is -2.21. The third-order valence-electron chi connectivity index (χ3n) is 2.69. The number of nitrogens with two attached hydrogens (primary N) is 1. The Morgan fingerprint density at radius 3 is 2.74 bits per heavy atom. The molecule has 0 spiro atoms. The predicted molar refractivity (Wildman–Crippen MR) is 79.0 cm³/mol. The molecule has 0 radical (unpaired) electrons. The second kappa shape index (κ2) is 6.63. The fraction of sp³-hybridized carbons (Fsp3) is 0.214. The van der Waals surface area contributed by atoms with E-state index in [0.29, 0.717) is 13.1 Å². The molecule has 0 unspecified atom stereocenters. The number of halogens is 2. The Hall–Kier alpha value is -1.46. The Morgan fingerprint density at radius 2 is 2.11 bits per heavy atom. The van der Waals surface area contributed by atoms with Gasteiger partial charge in [0.2, 0.25) is 0 Å². The van der Waals surface area contributed by atoms with Gasteiger partial charge in [0.25, 0.3) is 0 Å². The first-order valence-electron chi connectivity index (χ1n) is 6.05. The zero-order valence-electron chi connectivity index (χ0n) is 10.4. The first-order chi connectivity index (χ1) is 9.20. The largest absolute Gasteiger partial charge is 0.330 e. The van der Waals surface area contributed by atoms with Crippen molar-refractivity contribution < 1.29 is 4.39 Å². The van der Waals surface area contributed by atoms with Gasteiger partial charge in [0.05, 0.1) is 0 Å². The molecule has 2 rings (SSSR count). The van der Waals surface area contributed by atoms with E-state index in [2.05, 4.69) is 20.9 Å². The highest BCUT2D eigenvalue weighted by Crippen LogP contribution is 2.25. The summed E-state index contributed by atoms with van der Waals surface area (Å²) in [6.45, 7) is 1.29. The number of anilines is 2. The molecule has 1 aromatic heterocycles. The lowest BCUT2D eigenvalue weighted by molar-refractivity contribution is 0.627. The normalized spacial score (nSPS) is 10.5. The van der Waals surface area contributed by atoms with Crippen molar-refractivity contribution in [3.8, 4) is 0 Å². The third kappa shape index (κ3) is 3.75. The topological polar surface area (TPSA) is 42.1 Å². The van der Waals surface area contributed by atoms with Gasteiger partial charge in [-0.15, -0.1) is 0 Å². The van der Waals surface area contributed by atoms with Gasteiger partial charge in [-0.1, -0.05) is 6.07 Å². The van der Waals surface area contributed by atoms with Gasteiger partial charge in [0.15, 0.2) is 0 Å². The van der Waals surface area contributed by atoms with E-state index in [4.69, 9.17) is 5.73 Å². The van der Waals surface area contributed by atoms with E-state index in [1.54, 1.807) is 12.3 Å². The van der Waals surface area contributed by atoms with Crippen LogP contribution in [0.25, 0.3) is 0 Å². The molecule has 100 valence electrons. The molecule has 0 aliphatic carbocycles. The van der Waals surface area contributed by atoms with Crippen LogP contribution >= 0.6 is 15.9 Å². The number of pyridine rings is 1. The Morgan fingerprint density at radius 1 is 1.26 bits per heavy atom. The summed E-state index contributed by atoms with van der Waals surface area (Å²) < 4.78 is 14.3. The van der Waals surface area contributed by atoms with Gasteiger partial charge in [-0.3, -0.25) is 0 Å². The molecule has 5 heteroatoms. The molecule has 0 amide bonds. The lowest BCUT2D eigenvalue weighted by atomic mass is 10.2. The third-order valence-corrected chi connectivity index (χ3v) is 3.16. The van der Waals surface area contributed by atoms with Gasteiger partial charge >= 0.3 is 0 Å². The van der Waals surface area contributed by atoms with Crippen LogP contribution in [0.3, 0.4) is 0 Å². The van der Waals surface area contributed by atoms with Crippen LogP contribution in [0.5, 0.6) is 0 Å². The maximum atomic E-state index is 13.4. The summed E-state index contributed by atoms with van der Waals surface area (Å²) in [7, 11) is 0. The van der Waals surface area contributed by atoms with E-state index in [0.717, 1.165) is 22.4 Å². The zero-order valence-corrected chi connectivity index (χ0v) is 12.0. The minimum Gasteiger partial charge on any atom is -0.330 e. The summed E-state index contributed by atoms with van der Waals surface area (Å²) in [6, 6.07) is 10.3. The summed E-state index contributed by atoms with van der Waals surface area (Å²) in [5.41, 5.74) is 6.34. The maximum Gasteiger partial charge on any atom is 0.132 e. The summed E-state index contributed by atoms with van der Waals surface area (Å²) in [5, 5.41) is 0. The van der Waals surface area contributed by atoms with Crippen LogP contribution in [0, 0.1) is 5.82 Å². The minimum absolute atomic E-state index is 0.257. The first-order valence-corrected chi connectivity index (χ1v) is 6.85. The molecular weight excluding hydrogens is 309 g/mol. The molecule has 19 heavy (non-hydrogen) atoms. The SMILES string of the molecule is NCCCN(c1cccc(F)c1)c1ccc(Br)cn1. The van der Waals surface area contributed by atoms with Crippen LogP contribution in [-0.4, -0.2) is 18.1 Å². The number of aromatic nitrogens is 1. The first kappa shape index (κ1) is 14.0. The van der Waals surface area contributed by atoms with Crippen molar-refractivity contribution in [3.05, 3.63) is 52.9 Å². The Bertz CT molecular complexity index is 530. The van der Waals surface area contributed by atoms with Gasteiger partial charge < -0.3 is 10.6 Å². The quantitative estimate of drug-likeness (QED) is 0.916. The van der Waals surface area contributed by atoms with Crippen LogP contribution < -0.4 is 10.6 Å². The summed E-state index contributed by atoms with van der Waals surface area (Å²) >= 11 is 3.35. The predicted octanol–water partition coefficient (Wildman–Crippen LogP) is 3.47. The Kier molecular flexibility index (Phi) is 4.87. The fourth-order valence-electron chi connectivity index (χ4n) is 1.80. The smallest absolute Gasteiger partial charge is 0.132 e. The highest BCUT2D eigenvalue weighted by molar-refractivity contribution is 9.10. The van der Waals surface area contributed by atoms with Crippen molar-refractivity contribution in [2.45, 2.75) is 6.42 Å². The number of hydrogen-bond donors (Lipinski definition) is 1. The van der Waals surface area contributed by atoms with E-state index in [1.807, 2.05) is 23.1 Å². The highest BCUT2D eigenvalue weighted by atomic mass is 79.9. The van der Waals surface area contributed by atoms with Crippen molar-refractivity contribution in [1.82, 2.24) is 4.98 Å². The van der Waals surface area contributed by atoms with Crippen LogP contribution in [-0.2, 0) is 0 Å². The average Bonchev–Trinajstić information content (AvgIpc) is 2.41. The minimum atomic E-state index is -0.257. The molecule has 3 nitrogen and oxygen atoms in total. The molecule has 0 aliphatic heterocycles. The van der Waals surface area contributed by atoms with E-state index in [1.165, 1.54) is 12.1 Å². The van der Waals surface area contributed by atoms with Crippen molar-refractivity contribution in [2.75, 3.05) is 18.0 Å². The Balaban J connectivity index is 2.32. The number of nitrogens with zero attached hydrogens (tertiary/aromatic N) is 2. The Labute approximate surface area is 120 Å². The standard InChI is InChI=1S/C14H15BrFN3/c15-11-5-6-14(18-10-11)19(8-2-7-17)13-4-1-3-12(16)9-13/h1,3-6,9-10H,2,7-8,17H2. The molecule has 0 atom stereocenters. The molecule has 2 N–H and O–H groups in total. The molecule has 0 bridgehead atoms. The number of hydrogen-bond acceptors (Lipinski definition) is 3. The van der Waals surface area contributed by atoms with Crippen molar-refractivity contribution >= 4 is 27.4 Å². The second-order valence-electron chi connectivity index (χ2n) is 4.11. The zero-order chi connectivity index (χ0) is 13.7. The van der Waals surface area contributed by atoms with Crippen LogP contribution in [0.15, 0.2) is 47.1 Å². The van der Waals surface area contributed by atoms with Crippen LogP contribution in [0.4, 0.5) is 15.9 Å². The van der Waals surface area contributed by atoms with Gasteiger partial charge in [0, 0.05) is 22.9 Å². The van der Waals surface area contributed by atoms with Crippen LogP contribution in [0.2, 0.25) is 0 Å². The van der Waals surface area contributed by atoms with E-state index in [9.17, 15) is 4.39 Å². The van der Waals surface area contributed by atoms with Crippen molar-refractivity contribution in [1.29, 1.82) is 0 Å². The highest BCUT2D eigenvalue weighted by Gasteiger charge is 2.10. The lowest BCUT2D eigenvalue weighted by Gasteiger charge is -2.23. The average molecular weight is 324 g/mol. The van der Waals surface area contributed by atoms with Gasteiger partial charge in [0.1, 0.15) is 11.6 Å². The second-order valence-corrected chi connectivity index (χ2v) is 5.02. The van der Waals surface area contributed by atoms with E-state index < -0.39 is 0 Å². The maximum absolute atomic E-state index is 13.4.